The van der Waals surface area contributed by atoms with Gasteiger partial charge in [0.05, 0.1) is 0 Å². The highest BCUT2D eigenvalue weighted by Gasteiger charge is 2.42. The van der Waals surface area contributed by atoms with Gasteiger partial charge < -0.3 is 10.1 Å². The van der Waals surface area contributed by atoms with Crippen LogP contribution in [0.25, 0.3) is 0 Å². The lowest BCUT2D eigenvalue weighted by Gasteiger charge is -2.29. The first-order valence-corrected chi connectivity index (χ1v) is 8.56. The van der Waals surface area contributed by atoms with Gasteiger partial charge in [0, 0.05) is 6.04 Å². The molecule has 0 saturated heterocycles. The van der Waals surface area contributed by atoms with Crippen molar-refractivity contribution in [2.45, 2.75) is 58.6 Å². The topological polar surface area (TPSA) is 38.3 Å². The highest BCUT2D eigenvalue weighted by Crippen LogP contribution is 2.49. The van der Waals surface area contributed by atoms with E-state index in [-0.39, 0.29) is 11.9 Å². The molecule has 0 aliphatic heterocycles. The van der Waals surface area contributed by atoms with Gasteiger partial charge in [-0.15, -0.1) is 0 Å². The second kappa shape index (κ2) is 6.31. The van der Waals surface area contributed by atoms with Gasteiger partial charge in [-0.25, -0.2) is 0 Å². The molecule has 0 radical (unpaired) electrons. The Bertz CT molecular complexity index is 542. The number of ether oxygens (including phenoxy) is 1. The summed E-state index contributed by atoms with van der Waals surface area (Å²) in [4.78, 5) is 12.4. The standard InChI is InChI=1S/C19H27NO2/c1-12-5-4-6-17(9-12)22-14(3)19(21)20-13(2)18-11-15-7-8-16(18)10-15/h4-6,9,13-16,18H,7-8,10-11H2,1-3H3,(H,20,21)/t13-,14-,15-,16-,18+/m1/s1. The van der Waals surface area contributed by atoms with E-state index >= 15 is 0 Å². The predicted octanol–water partition coefficient (Wildman–Crippen LogP) is 3.70. The summed E-state index contributed by atoms with van der Waals surface area (Å²) in [6.45, 7) is 6.00. The fourth-order valence-electron chi connectivity index (χ4n) is 4.30. The molecule has 2 bridgehead atoms. The smallest absolute Gasteiger partial charge is 0.260 e. The van der Waals surface area contributed by atoms with Crippen molar-refractivity contribution in [2.24, 2.45) is 17.8 Å². The fraction of sp³-hybridized carbons (Fsp3) is 0.632. The Labute approximate surface area is 133 Å². The average molecular weight is 301 g/mol. The van der Waals surface area contributed by atoms with Gasteiger partial charge in [0.25, 0.3) is 5.91 Å². The molecule has 1 N–H and O–H groups in total. The van der Waals surface area contributed by atoms with Crippen molar-refractivity contribution >= 4 is 5.91 Å². The van der Waals surface area contributed by atoms with Crippen LogP contribution in [0.5, 0.6) is 5.75 Å². The Kier molecular flexibility index (Phi) is 4.42. The van der Waals surface area contributed by atoms with Gasteiger partial charge in [0.1, 0.15) is 5.75 Å². The number of carbonyl (C=O) groups excluding carboxylic acids is 1. The van der Waals surface area contributed by atoms with Crippen molar-refractivity contribution in [3.05, 3.63) is 29.8 Å². The summed E-state index contributed by atoms with van der Waals surface area (Å²) in [6, 6.07) is 8.09. The zero-order valence-electron chi connectivity index (χ0n) is 13.8. The van der Waals surface area contributed by atoms with E-state index in [1.807, 2.05) is 38.1 Å². The fourth-order valence-corrected chi connectivity index (χ4v) is 4.30. The first-order valence-electron chi connectivity index (χ1n) is 8.56. The molecule has 3 rings (SSSR count). The molecule has 22 heavy (non-hydrogen) atoms. The summed E-state index contributed by atoms with van der Waals surface area (Å²) in [5.41, 5.74) is 1.14. The third kappa shape index (κ3) is 3.29. The molecule has 0 unspecified atom stereocenters. The molecule has 2 aliphatic rings. The van der Waals surface area contributed by atoms with Crippen molar-refractivity contribution in [1.82, 2.24) is 5.32 Å². The Morgan fingerprint density at radius 3 is 2.73 bits per heavy atom. The Morgan fingerprint density at radius 1 is 1.27 bits per heavy atom. The molecule has 120 valence electrons. The number of amides is 1. The lowest BCUT2D eigenvalue weighted by Crippen LogP contribution is -2.45. The molecular weight excluding hydrogens is 274 g/mol. The number of aryl methyl sites for hydroxylation is 1. The van der Waals surface area contributed by atoms with E-state index in [0.717, 1.165) is 23.1 Å². The second-order valence-corrected chi connectivity index (χ2v) is 7.21. The Hall–Kier alpha value is -1.51. The minimum atomic E-state index is -0.456. The molecule has 0 heterocycles. The lowest BCUT2D eigenvalue weighted by atomic mass is 9.84. The summed E-state index contributed by atoms with van der Waals surface area (Å²) in [5.74, 6) is 3.16. The van der Waals surface area contributed by atoms with Crippen molar-refractivity contribution in [2.75, 3.05) is 0 Å². The highest BCUT2D eigenvalue weighted by molar-refractivity contribution is 5.81. The van der Waals surface area contributed by atoms with Crippen molar-refractivity contribution in [3.8, 4) is 5.75 Å². The van der Waals surface area contributed by atoms with Crippen LogP contribution < -0.4 is 10.1 Å². The summed E-state index contributed by atoms with van der Waals surface area (Å²) in [5, 5.41) is 3.18. The van der Waals surface area contributed by atoms with Gasteiger partial charge in [0.2, 0.25) is 0 Å². The van der Waals surface area contributed by atoms with Crippen LogP contribution in [0.2, 0.25) is 0 Å². The van der Waals surface area contributed by atoms with Crippen LogP contribution >= 0.6 is 0 Å². The third-order valence-electron chi connectivity index (χ3n) is 5.48. The predicted molar refractivity (Wildman–Crippen MR) is 87.8 cm³/mol. The monoisotopic (exact) mass is 301 g/mol. The van der Waals surface area contributed by atoms with Crippen LogP contribution in [0.4, 0.5) is 0 Å². The molecular formula is C19H27NO2. The van der Waals surface area contributed by atoms with Gasteiger partial charge >= 0.3 is 0 Å². The molecule has 3 heteroatoms. The summed E-state index contributed by atoms with van der Waals surface area (Å²) in [7, 11) is 0. The normalized spacial score (nSPS) is 29.1. The zero-order valence-corrected chi connectivity index (χ0v) is 13.8. The summed E-state index contributed by atoms with van der Waals surface area (Å²) >= 11 is 0. The number of hydrogen-bond donors (Lipinski definition) is 1. The van der Waals surface area contributed by atoms with Gasteiger partial charge in [-0.1, -0.05) is 18.6 Å². The van der Waals surface area contributed by atoms with Crippen LogP contribution in [-0.4, -0.2) is 18.1 Å². The molecule has 3 nitrogen and oxygen atoms in total. The van der Waals surface area contributed by atoms with Crippen molar-refractivity contribution in [3.63, 3.8) is 0 Å². The van der Waals surface area contributed by atoms with Crippen LogP contribution in [0, 0.1) is 24.7 Å². The first kappa shape index (κ1) is 15.4. The minimum absolute atomic E-state index is 0.00298. The van der Waals surface area contributed by atoms with Crippen LogP contribution in [-0.2, 0) is 4.79 Å². The van der Waals surface area contributed by atoms with Gasteiger partial charge in [-0.05, 0) is 75.5 Å². The van der Waals surface area contributed by atoms with Gasteiger partial charge in [0.15, 0.2) is 6.10 Å². The average Bonchev–Trinajstić information content (AvgIpc) is 3.09. The van der Waals surface area contributed by atoms with E-state index in [1.54, 1.807) is 0 Å². The number of benzene rings is 1. The molecule has 2 fully saturated rings. The van der Waals surface area contributed by atoms with Crippen molar-refractivity contribution in [1.29, 1.82) is 0 Å². The van der Waals surface area contributed by atoms with E-state index in [4.69, 9.17) is 4.74 Å². The molecule has 5 atom stereocenters. The second-order valence-electron chi connectivity index (χ2n) is 7.21. The van der Waals surface area contributed by atoms with E-state index in [2.05, 4.69) is 12.2 Å². The van der Waals surface area contributed by atoms with E-state index < -0.39 is 6.10 Å². The van der Waals surface area contributed by atoms with Gasteiger partial charge in [-0.2, -0.15) is 0 Å². The van der Waals surface area contributed by atoms with Crippen molar-refractivity contribution < 1.29 is 9.53 Å². The van der Waals surface area contributed by atoms with Crippen LogP contribution in [0.3, 0.4) is 0 Å². The number of fused-ring (bicyclic) bond motifs is 2. The maximum absolute atomic E-state index is 12.4. The molecule has 1 aromatic carbocycles. The molecule has 0 spiro atoms. The summed E-state index contributed by atoms with van der Waals surface area (Å²) in [6.07, 6.45) is 4.96. The highest BCUT2D eigenvalue weighted by atomic mass is 16.5. The Balaban J connectivity index is 1.52. The molecule has 2 saturated carbocycles. The number of nitrogens with one attached hydrogen (secondary N) is 1. The molecule has 1 amide bonds. The maximum atomic E-state index is 12.4. The minimum Gasteiger partial charge on any atom is -0.481 e. The number of hydrogen-bond acceptors (Lipinski definition) is 2. The number of carbonyl (C=O) groups is 1. The van der Waals surface area contributed by atoms with Crippen LogP contribution in [0.1, 0.15) is 45.1 Å². The molecule has 2 aliphatic carbocycles. The van der Waals surface area contributed by atoms with E-state index in [9.17, 15) is 4.79 Å². The SMILES string of the molecule is Cc1cccc(O[C@H](C)C(=O)N[C@H](C)[C@@H]2C[C@@H]3CC[C@@H]2C3)c1. The van der Waals surface area contributed by atoms with Crippen LogP contribution in [0.15, 0.2) is 24.3 Å². The Morgan fingerprint density at radius 2 is 2.09 bits per heavy atom. The van der Waals surface area contributed by atoms with Gasteiger partial charge in [-0.3, -0.25) is 4.79 Å². The maximum Gasteiger partial charge on any atom is 0.260 e. The quantitative estimate of drug-likeness (QED) is 0.900. The first-order chi connectivity index (χ1) is 10.5. The summed E-state index contributed by atoms with van der Waals surface area (Å²) < 4.78 is 5.77. The molecule has 0 aromatic heterocycles. The zero-order chi connectivity index (χ0) is 15.7. The third-order valence-corrected chi connectivity index (χ3v) is 5.48. The largest absolute Gasteiger partial charge is 0.481 e. The number of rotatable bonds is 5. The molecule has 1 aromatic rings. The van der Waals surface area contributed by atoms with E-state index in [1.165, 1.54) is 25.7 Å². The van der Waals surface area contributed by atoms with E-state index in [0.29, 0.717) is 5.92 Å². The lowest BCUT2D eigenvalue weighted by molar-refractivity contribution is -0.128.